The topological polar surface area (TPSA) is 72.5 Å². The monoisotopic (exact) mass is 351 g/mol. The Morgan fingerprint density at radius 3 is 2.50 bits per heavy atom. The van der Waals surface area contributed by atoms with Gasteiger partial charge >= 0.3 is 5.97 Å². The van der Waals surface area contributed by atoms with Crippen LogP contribution in [0.15, 0.2) is 29.2 Å². The second-order valence-corrected chi connectivity index (χ2v) is 9.64. The van der Waals surface area contributed by atoms with Crippen LogP contribution < -0.4 is 4.72 Å². The summed E-state index contributed by atoms with van der Waals surface area (Å²) in [5.41, 5.74) is -0.0551. The van der Waals surface area contributed by atoms with Crippen molar-refractivity contribution >= 4 is 16.0 Å². The molecule has 0 unspecified atom stereocenters. The van der Waals surface area contributed by atoms with Gasteiger partial charge in [0.05, 0.1) is 17.6 Å². The summed E-state index contributed by atoms with van der Waals surface area (Å²) in [7, 11) is -2.56. The second kappa shape index (κ2) is 5.56. The fourth-order valence-corrected chi connectivity index (χ4v) is 6.52. The molecule has 2 aliphatic carbocycles. The van der Waals surface area contributed by atoms with Gasteiger partial charge in [-0.2, -0.15) is 0 Å². The summed E-state index contributed by atoms with van der Waals surface area (Å²) in [4.78, 5) is 11.9. The quantitative estimate of drug-likeness (QED) is 0.847. The molecular weight excluding hydrogens is 326 g/mol. The van der Waals surface area contributed by atoms with Crippen LogP contribution in [-0.4, -0.2) is 27.5 Å². The van der Waals surface area contributed by atoms with E-state index in [0.29, 0.717) is 5.92 Å². The van der Waals surface area contributed by atoms with Crippen molar-refractivity contribution in [3.05, 3.63) is 29.8 Å². The molecule has 0 aliphatic heterocycles. The molecule has 2 saturated carbocycles. The zero-order valence-corrected chi connectivity index (χ0v) is 15.4. The van der Waals surface area contributed by atoms with E-state index in [1.165, 1.54) is 19.2 Å². The van der Waals surface area contributed by atoms with Crippen molar-refractivity contribution in [3.63, 3.8) is 0 Å². The Kier molecular flexibility index (Phi) is 4.04. The highest BCUT2D eigenvalue weighted by Crippen LogP contribution is 2.62. The zero-order chi connectivity index (χ0) is 17.8. The highest BCUT2D eigenvalue weighted by atomic mass is 32.2. The lowest BCUT2D eigenvalue weighted by Gasteiger charge is -2.42. The van der Waals surface area contributed by atoms with Gasteiger partial charge in [-0.05, 0) is 48.1 Å². The lowest BCUT2D eigenvalue weighted by atomic mass is 9.69. The molecule has 5 nitrogen and oxygen atoms in total. The van der Waals surface area contributed by atoms with E-state index in [0.717, 1.165) is 19.3 Å². The molecule has 2 fully saturated rings. The van der Waals surface area contributed by atoms with Gasteiger partial charge in [0.1, 0.15) is 0 Å². The minimum absolute atomic E-state index is 0.0148. The first-order valence-electron chi connectivity index (χ1n) is 8.31. The Balaban J connectivity index is 1.98. The van der Waals surface area contributed by atoms with Gasteiger partial charge < -0.3 is 4.74 Å². The highest BCUT2D eigenvalue weighted by molar-refractivity contribution is 7.89. The predicted molar refractivity (Wildman–Crippen MR) is 91.1 cm³/mol. The first-order chi connectivity index (χ1) is 11.1. The third-order valence-electron chi connectivity index (χ3n) is 6.12. The number of hydrogen-bond donors (Lipinski definition) is 1. The molecule has 3 atom stereocenters. The summed E-state index contributed by atoms with van der Waals surface area (Å²) in [5.74, 6) is -0.111. The molecule has 1 aromatic carbocycles. The van der Waals surface area contributed by atoms with Crippen LogP contribution in [0.3, 0.4) is 0 Å². The van der Waals surface area contributed by atoms with Gasteiger partial charge in [-0.1, -0.05) is 32.9 Å². The summed E-state index contributed by atoms with van der Waals surface area (Å²) in [6.07, 6.45) is 3.24. The summed E-state index contributed by atoms with van der Waals surface area (Å²) in [5, 5.41) is 0. The van der Waals surface area contributed by atoms with Gasteiger partial charge in [-0.3, -0.25) is 0 Å². The molecule has 2 aliphatic rings. The molecule has 0 amide bonds. The Bertz CT molecular complexity index is 766. The molecule has 0 heterocycles. The number of benzene rings is 1. The number of hydrogen-bond acceptors (Lipinski definition) is 4. The number of sulfonamides is 1. The number of rotatable bonds is 4. The Morgan fingerprint density at radius 2 is 1.92 bits per heavy atom. The molecule has 0 radical (unpaired) electrons. The van der Waals surface area contributed by atoms with Gasteiger partial charge in [0, 0.05) is 6.04 Å². The van der Waals surface area contributed by atoms with E-state index in [1.54, 1.807) is 12.1 Å². The Morgan fingerprint density at radius 1 is 1.25 bits per heavy atom. The minimum Gasteiger partial charge on any atom is -0.465 e. The average Bonchev–Trinajstić information content (AvgIpc) is 3.02. The molecule has 1 aromatic rings. The fraction of sp³-hybridized carbons (Fsp3) is 0.611. The molecule has 0 saturated heterocycles. The van der Waals surface area contributed by atoms with Gasteiger partial charge in [-0.25, -0.2) is 17.9 Å². The van der Waals surface area contributed by atoms with Gasteiger partial charge in [-0.15, -0.1) is 0 Å². The van der Waals surface area contributed by atoms with Gasteiger partial charge in [0.15, 0.2) is 0 Å². The van der Waals surface area contributed by atoms with Crippen molar-refractivity contribution in [2.75, 3.05) is 7.11 Å². The summed E-state index contributed by atoms with van der Waals surface area (Å²) in [6.45, 7) is 6.45. The van der Waals surface area contributed by atoms with E-state index in [4.69, 9.17) is 4.74 Å². The first kappa shape index (κ1) is 17.4. The van der Waals surface area contributed by atoms with Crippen molar-refractivity contribution in [2.24, 2.45) is 16.7 Å². The largest absolute Gasteiger partial charge is 0.465 e. The zero-order valence-electron chi connectivity index (χ0n) is 14.6. The molecule has 2 bridgehead atoms. The molecule has 0 spiro atoms. The summed E-state index contributed by atoms with van der Waals surface area (Å²) < 4.78 is 33.7. The number of ether oxygens (including phenoxy) is 1. The number of carbonyl (C=O) groups is 1. The van der Waals surface area contributed by atoms with E-state index < -0.39 is 16.0 Å². The fourth-order valence-electron chi connectivity index (χ4n) is 4.79. The Labute approximate surface area is 143 Å². The highest BCUT2D eigenvalue weighted by Gasteiger charge is 2.60. The van der Waals surface area contributed by atoms with E-state index in [9.17, 15) is 13.2 Å². The molecule has 24 heavy (non-hydrogen) atoms. The number of carbonyl (C=O) groups excluding carboxylic acids is 1. The molecule has 0 aromatic heterocycles. The van der Waals surface area contributed by atoms with Crippen molar-refractivity contribution in [3.8, 4) is 0 Å². The van der Waals surface area contributed by atoms with Crippen LogP contribution in [0.25, 0.3) is 0 Å². The van der Waals surface area contributed by atoms with Crippen LogP contribution >= 0.6 is 0 Å². The normalized spacial score (nSPS) is 31.2. The average molecular weight is 351 g/mol. The van der Waals surface area contributed by atoms with Crippen molar-refractivity contribution < 1.29 is 17.9 Å². The van der Waals surface area contributed by atoms with Crippen LogP contribution in [0.5, 0.6) is 0 Å². The maximum atomic E-state index is 13.0. The van der Waals surface area contributed by atoms with Crippen LogP contribution in [0, 0.1) is 16.7 Å². The first-order valence-corrected chi connectivity index (χ1v) is 9.80. The Hall–Kier alpha value is -1.40. The van der Waals surface area contributed by atoms with Gasteiger partial charge in [0.2, 0.25) is 10.0 Å². The molecule has 6 heteroatoms. The third-order valence-corrected chi connectivity index (χ3v) is 7.61. The van der Waals surface area contributed by atoms with E-state index in [1.807, 2.05) is 0 Å². The van der Waals surface area contributed by atoms with Crippen LogP contribution in [0.4, 0.5) is 0 Å². The lowest BCUT2D eigenvalue weighted by molar-refractivity contribution is 0.0596. The maximum Gasteiger partial charge on any atom is 0.339 e. The molecule has 3 rings (SSSR count). The molecular formula is C18H25NO4S. The van der Waals surface area contributed by atoms with Crippen molar-refractivity contribution in [1.82, 2.24) is 4.72 Å². The predicted octanol–water partition coefficient (Wildman–Crippen LogP) is 2.97. The van der Waals surface area contributed by atoms with E-state index >= 15 is 0 Å². The maximum absolute atomic E-state index is 13.0. The standard InChI is InChI=1S/C18H25NO4S/c1-17(2)12-9-10-18(3,11-12)16(17)19-24(21,22)14-8-6-5-7-13(14)15(20)23-4/h5-8,12,16,19H,9-11H2,1-4H3/t12-,16+,18+/m0/s1. The minimum atomic E-state index is -3.81. The smallest absolute Gasteiger partial charge is 0.339 e. The van der Waals surface area contributed by atoms with Crippen molar-refractivity contribution in [2.45, 2.75) is 51.0 Å². The SMILES string of the molecule is COC(=O)c1ccccc1S(=O)(=O)N[C@@H]1C(C)(C)[C@H]2CC[C@]1(C)C2. The molecule has 132 valence electrons. The van der Waals surface area contributed by atoms with Crippen LogP contribution in [0.1, 0.15) is 50.4 Å². The number of fused-ring (bicyclic) bond motifs is 2. The van der Waals surface area contributed by atoms with E-state index in [-0.39, 0.29) is 27.3 Å². The van der Waals surface area contributed by atoms with Crippen LogP contribution in [-0.2, 0) is 14.8 Å². The summed E-state index contributed by atoms with van der Waals surface area (Å²) >= 11 is 0. The third kappa shape index (κ3) is 2.56. The van der Waals surface area contributed by atoms with Gasteiger partial charge in [0.25, 0.3) is 0 Å². The number of esters is 1. The number of nitrogens with one attached hydrogen (secondary N) is 1. The second-order valence-electron chi connectivity index (χ2n) is 7.96. The van der Waals surface area contributed by atoms with E-state index in [2.05, 4.69) is 25.5 Å². The number of methoxy groups -OCH3 is 1. The summed E-state index contributed by atoms with van der Waals surface area (Å²) in [6, 6.07) is 6.05. The van der Waals surface area contributed by atoms with Crippen LogP contribution in [0.2, 0.25) is 0 Å². The molecule has 1 N–H and O–H groups in total. The van der Waals surface area contributed by atoms with Crippen molar-refractivity contribution in [1.29, 1.82) is 0 Å². The lowest BCUT2D eigenvalue weighted by Crippen LogP contribution is -2.52.